The predicted molar refractivity (Wildman–Crippen MR) is 88.3 cm³/mol. The molecule has 0 fully saturated rings. The zero-order valence-corrected chi connectivity index (χ0v) is 13.2. The van der Waals surface area contributed by atoms with Crippen LogP contribution in [0.4, 0.5) is 0 Å². The summed E-state index contributed by atoms with van der Waals surface area (Å²) in [5, 5.41) is 19.5. The average molecular weight is 332 g/mol. The minimum atomic E-state index is -4.17. The summed E-state index contributed by atoms with van der Waals surface area (Å²) in [6.07, 6.45) is 0. The van der Waals surface area contributed by atoms with Gasteiger partial charge in [0, 0.05) is 0 Å². The van der Waals surface area contributed by atoms with Gasteiger partial charge in [-0.2, -0.15) is 8.42 Å². The number of fused-ring (bicyclic) bond motifs is 1. The van der Waals surface area contributed by atoms with Crippen LogP contribution < -0.4 is 0 Å². The van der Waals surface area contributed by atoms with Crippen molar-refractivity contribution in [3.8, 4) is 11.5 Å². The molecule has 0 amide bonds. The molecule has 3 aromatic rings. The summed E-state index contributed by atoms with van der Waals surface area (Å²) in [5.41, 5.74) is 0.924. The normalized spacial score (nSPS) is 10.9. The zero-order valence-electron chi connectivity index (χ0n) is 12.3. The molecular weight excluding hydrogens is 316 g/mol. The highest BCUT2D eigenvalue weighted by atomic mass is 32.2. The van der Waals surface area contributed by atoms with Gasteiger partial charge in [-0.25, -0.2) is 0 Å². The standard InChI is InChI=1S/C10H8O4S.C7H8O/c11-9-3-1-8-6-10(15(12,13)14)4-2-7(8)5-9;1-6-4-2-3-5-7(6)8/h1-6,11H,(H,12,13,14);2-5,8H,1H3. The third-order valence-electron chi connectivity index (χ3n) is 3.21. The second-order valence-electron chi connectivity index (χ2n) is 4.95. The highest BCUT2D eigenvalue weighted by molar-refractivity contribution is 7.85. The lowest BCUT2D eigenvalue weighted by molar-refractivity contribution is 0.471. The zero-order chi connectivity index (χ0) is 17.0. The van der Waals surface area contributed by atoms with E-state index in [0.717, 1.165) is 5.56 Å². The van der Waals surface area contributed by atoms with Crippen molar-refractivity contribution in [1.29, 1.82) is 0 Å². The molecule has 3 rings (SSSR count). The van der Waals surface area contributed by atoms with Crippen molar-refractivity contribution < 1.29 is 23.2 Å². The van der Waals surface area contributed by atoms with E-state index in [1.54, 1.807) is 12.1 Å². The molecular formula is C17H16O5S. The lowest BCUT2D eigenvalue weighted by Crippen LogP contribution is -1.97. The first-order valence-electron chi connectivity index (χ1n) is 6.72. The highest BCUT2D eigenvalue weighted by Crippen LogP contribution is 2.22. The first-order chi connectivity index (χ1) is 10.8. The third kappa shape index (κ3) is 4.45. The van der Waals surface area contributed by atoms with E-state index >= 15 is 0 Å². The Hall–Kier alpha value is -2.57. The number of aromatic hydroxyl groups is 2. The van der Waals surface area contributed by atoms with Crippen molar-refractivity contribution in [3.63, 3.8) is 0 Å². The van der Waals surface area contributed by atoms with Crippen molar-refractivity contribution in [1.82, 2.24) is 0 Å². The van der Waals surface area contributed by atoms with E-state index in [2.05, 4.69) is 0 Å². The minimum Gasteiger partial charge on any atom is -0.508 e. The van der Waals surface area contributed by atoms with Crippen molar-refractivity contribution in [2.24, 2.45) is 0 Å². The molecule has 0 atom stereocenters. The van der Waals surface area contributed by atoms with Gasteiger partial charge in [-0.3, -0.25) is 4.55 Å². The van der Waals surface area contributed by atoms with Gasteiger partial charge >= 0.3 is 0 Å². The van der Waals surface area contributed by atoms with E-state index in [0.29, 0.717) is 16.5 Å². The highest BCUT2D eigenvalue weighted by Gasteiger charge is 2.09. The SMILES string of the molecule is Cc1ccccc1O.O=S(=O)(O)c1ccc2cc(O)ccc2c1. The number of aryl methyl sites for hydroxylation is 1. The molecule has 6 heteroatoms. The van der Waals surface area contributed by atoms with Gasteiger partial charge < -0.3 is 10.2 Å². The van der Waals surface area contributed by atoms with Crippen LogP contribution in [-0.2, 0) is 10.1 Å². The second kappa shape index (κ2) is 6.68. The molecule has 0 aliphatic carbocycles. The largest absolute Gasteiger partial charge is 0.508 e. The summed E-state index contributed by atoms with van der Waals surface area (Å²) in [5.74, 6) is 0.481. The quantitative estimate of drug-likeness (QED) is 0.593. The van der Waals surface area contributed by atoms with Crippen LogP contribution in [0.1, 0.15) is 5.56 Å². The molecule has 23 heavy (non-hydrogen) atoms. The minimum absolute atomic E-state index is 0.113. The number of para-hydroxylation sites is 1. The van der Waals surface area contributed by atoms with Gasteiger partial charge in [0.1, 0.15) is 11.5 Å². The molecule has 0 saturated carbocycles. The fraction of sp³-hybridized carbons (Fsp3) is 0.0588. The maximum atomic E-state index is 10.8. The summed E-state index contributed by atoms with van der Waals surface area (Å²) in [6, 6.07) is 16.0. The monoisotopic (exact) mass is 332 g/mol. The Balaban J connectivity index is 0.000000203. The molecule has 5 nitrogen and oxygen atoms in total. The Morgan fingerprint density at radius 3 is 2.00 bits per heavy atom. The van der Waals surface area contributed by atoms with Crippen molar-refractivity contribution in [2.45, 2.75) is 11.8 Å². The molecule has 0 saturated heterocycles. The van der Waals surface area contributed by atoms with Crippen LogP contribution in [0, 0.1) is 6.92 Å². The molecule has 3 aromatic carbocycles. The fourth-order valence-corrected chi connectivity index (χ4v) is 2.45. The maximum absolute atomic E-state index is 10.8. The molecule has 0 aliphatic heterocycles. The van der Waals surface area contributed by atoms with Crippen molar-refractivity contribution >= 4 is 20.9 Å². The van der Waals surface area contributed by atoms with Crippen LogP contribution in [0.3, 0.4) is 0 Å². The third-order valence-corrected chi connectivity index (χ3v) is 4.06. The van der Waals surface area contributed by atoms with E-state index in [1.807, 2.05) is 25.1 Å². The van der Waals surface area contributed by atoms with Crippen molar-refractivity contribution in [2.75, 3.05) is 0 Å². The lowest BCUT2D eigenvalue weighted by Gasteiger charge is -2.01. The summed E-state index contributed by atoms with van der Waals surface area (Å²) in [6.45, 7) is 1.87. The van der Waals surface area contributed by atoms with Crippen LogP contribution in [0.2, 0.25) is 0 Å². The Kier molecular flexibility index (Phi) is 4.88. The van der Waals surface area contributed by atoms with Gasteiger partial charge in [-0.05, 0) is 53.6 Å². The van der Waals surface area contributed by atoms with Gasteiger partial charge in [-0.15, -0.1) is 0 Å². The number of hydrogen-bond donors (Lipinski definition) is 3. The molecule has 3 N–H and O–H groups in total. The number of hydrogen-bond acceptors (Lipinski definition) is 4. The Morgan fingerprint density at radius 2 is 1.43 bits per heavy atom. The Bertz CT molecular complexity index is 912. The molecule has 0 bridgehead atoms. The van der Waals surface area contributed by atoms with Crippen LogP contribution in [0.25, 0.3) is 10.8 Å². The summed E-state index contributed by atoms with van der Waals surface area (Å²) in [7, 11) is -4.17. The van der Waals surface area contributed by atoms with Gasteiger partial charge in [0.15, 0.2) is 0 Å². The first kappa shape index (κ1) is 16.8. The molecule has 0 spiro atoms. The van der Waals surface area contributed by atoms with E-state index in [9.17, 15) is 13.5 Å². The van der Waals surface area contributed by atoms with E-state index in [1.165, 1.54) is 30.3 Å². The molecule has 0 aromatic heterocycles. The number of rotatable bonds is 1. The van der Waals surface area contributed by atoms with Crippen LogP contribution >= 0.6 is 0 Å². The van der Waals surface area contributed by atoms with E-state index in [4.69, 9.17) is 9.66 Å². The second-order valence-corrected chi connectivity index (χ2v) is 6.38. The van der Waals surface area contributed by atoms with Gasteiger partial charge in [0.2, 0.25) is 0 Å². The van der Waals surface area contributed by atoms with Gasteiger partial charge in [0.25, 0.3) is 10.1 Å². The smallest absolute Gasteiger partial charge is 0.294 e. The van der Waals surface area contributed by atoms with Crippen LogP contribution in [0.15, 0.2) is 65.6 Å². The number of benzene rings is 3. The lowest BCUT2D eigenvalue weighted by atomic mass is 10.1. The molecule has 0 radical (unpaired) electrons. The molecule has 0 aliphatic rings. The van der Waals surface area contributed by atoms with Crippen molar-refractivity contribution in [3.05, 3.63) is 66.2 Å². The van der Waals surface area contributed by atoms with E-state index in [-0.39, 0.29) is 10.6 Å². The van der Waals surface area contributed by atoms with E-state index < -0.39 is 10.1 Å². The summed E-state index contributed by atoms with van der Waals surface area (Å²) in [4.78, 5) is -0.152. The van der Waals surface area contributed by atoms with Gasteiger partial charge in [-0.1, -0.05) is 30.3 Å². The van der Waals surface area contributed by atoms with Crippen LogP contribution in [-0.4, -0.2) is 23.2 Å². The molecule has 0 heterocycles. The fourth-order valence-electron chi connectivity index (χ4n) is 1.94. The summed E-state index contributed by atoms with van der Waals surface area (Å²) < 4.78 is 30.5. The first-order valence-corrected chi connectivity index (χ1v) is 8.16. The van der Waals surface area contributed by atoms with Gasteiger partial charge in [0.05, 0.1) is 4.90 Å². The number of phenolic OH excluding ortho intramolecular Hbond substituents is 2. The topological polar surface area (TPSA) is 94.8 Å². The number of phenols is 2. The average Bonchev–Trinajstić information content (AvgIpc) is 2.49. The Labute approximate surface area is 134 Å². The predicted octanol–water partition coefficient (Wildman–Crippen LogP) is 3.49. The molecule has 120 valence electrons. The Morgan fingerprint density at radius 1 is 0.826 bits per heavy atom. The summed E-state index contributed by atoms with van der Waals surface area (Å²) >= 11 is 0. The van der Waals surface area contributed by atoms with Crippen LogP contribution in [0.5, 0.6) is 11.5 Å². The maximum Gasteiger partial charge on any atom is 0.294 e. The molecule has 0 unspecified atom stereocenters.